The maximum Gasteiger partial charge on any atom is 0.410 e. The van der Waals surface area contributed by atoms with E-state index in [1.165, 1.54) is 0 Å². The summed E-state index contributed by atoms with van der Waals surface area (Å²) in [5, 5.41) is 0.939. The molecule has 0 aliphatic rings. The Bertz CT molecular complexity index is 333. The third-order valence-corrected chi connectivity index (χ3v) is 7.32. The molecule has 1 rings (SSSR count). The molecule has 0 saturated carbocycles. The quantitative estimate of drug-likeness (QED) is 0.738. The van der Waals surface area contributed by atoms with Gasteiger partial charge in [0.05, 0.1) is 0 Å². The lowest BCUT2D eigenvalue weighted by Crippen LogP contribution is -2.51. The number of hydrogen-bond donors (Lipinski definition) is 0. The molecule has 5 heteroatoms. The molecule has 0 amide bonds. The molecule has 0 atom stereocenters. The van der Waals surface area contributed by atoms with Crippen LogP contribution in [0.15, 0.2) is 30.3 Å². The zero-order valence-electron chi connectivity index (χ0n) is 10.1. The SMILES string of the molecule is CC[Si](CC)(OCC(F)(F)F)c1ccccc1. The Kier molecular flexibility index (Phi) is 4.77. The molecule has 0 bridgehead atoms. The second kappa shape index (κ2) is 5.69. The summed E-state index contributed by atoms with van der Waals surface area (Å²) in [5.41, 5.74) is 0. The van der Waals surface area contributed by atoms with Crippen LogP contribution in [0.25, 0.3) is 0 Å². The normalized spacial score (nSPS) is 12.8. The monoisotopic (exact) mass is 262 g/mol. The second-order valence-corrected chi connectivity index (χ2v) is 8.24. The van der Waals surface area contributed by atoms with Crippen molar-refractivity contribution in [1.82, 2.24) is 0 Å². The highest BCUT2D eigenvalue weighted by atomic mass is 28.4. The summed E-state index contributed by atoms with van der Waals surface area (Å²) >= 11 is 0. The van der Waals surface area contributed by atoms with Crippen LogP contribution in [-0.4, -0.2) is 21.1 Å². The van der Waals surface area contributed by atoms with Gasteiger partial charge in [0.1, 0.15) is 6.61 Å². The Morgan fingerprint density at radius 1 is 1.06 bits per heavy atom. The molecule has 96 valence electrons. The molecule has 1 aromatic rings. The first-order chi connectivity index (χ1) is 7.93. The van der Waals surface area contributed by atoms with Crippen LogP contribution in [0.3, 0.4) is 0 Å². The third kappa shape index (κ3) is 3.85. The van der Waals surface area contributed by atoms with E-state index in [0.717, 1.165) is 5.19 Å². The van der Waals surface area contributed by atoms with Crippen molar-refractivity contribution in [2.24, 2.45) is 0 Å². The number of rotatable bonds is 5. The molecule has 1 nitrogen and oxygen atoms in total. The summed E-state index contributed by atoms with van der Waals surface area (Å²) in [4.78, 5) is 0. The van der Waals surface area contributed by atoms with Crippen LogP contribution < -0.4 is 5.19 Å². The van der Waals surface area contributed by atoms with Gasteiger partial charge < -0.3 is 4.43 Å². The van der Waals surface area contributed by atoms with Crippen molar-refractivity contribution in [3.8, 4) is 0 Å². The summed E-state index contributed by atoms with van der Waals surface area (Å²) in [7, 11) is -2.45. The van der Waals surface area contributed by atoms with Crippen LogP contribution in [0.2, 0.25) is 12.1 Å². The maximum atomic E-state index is 12.3. The van der Waals surface area contributed by atoms with E-state index in [-0.39, 0.29) is 0 Å². The van der Waals surface area contributed by atoms with Gasteiger partial charge in [0, 0.05) is 0 Å². The molecule has 1 aromatic carbocycles. The third-order valence-electron chi connectivity index (χ3n) is 2.95. The van der Waals surface area contributed by atoms with Crippen LogP contribution in [0.5, 0.6) is 0 Å². The minimum Gasteiger partial charge on any atom is -0.403 e. The van der Waals surface area contributed by atoms with Gasteiger partial charge in [-0.25, -0.2) is 0 Å². The number of benzene rings is 1. The summed E-state index contributed by atoms with van der Waals surface area (Å²) in [6.45, 7) is 2.66. The number of halogens is 3. The highest BCUT2D eigenvalue weighted by Gasteiger charge is 2.38. The van der Waals surface area contributed by atoms with Gasteiger partial charge in [-0.2, -0.15) is 13.2 Å². The Balaban J connectivity index is 2.90. The van der Waals surface area contributed by atoms with Crippen LogP contribution >= 0.6 is 0 Å². The molecule has 0 N–H and O–H groups in total. The molecule has 0 aromatic heterocycles. The molecule has 0 saturated heterocycles. The van der Waals surface area contributed by atoms with E-state index in [1.54, 1.807) is 0 Å². The number of hydrogen-bond acceptors (Lipinski definition) is 1. The minimum atomic E-state index is -4.25. The molecular weight excluding hydrogens is 245 g/mol. The maximum absolute atomic E-state index is 12.3. The van der Waals surface area contributed by atoms with E-state index >= 15 is 0 Å². The Morgan fingerprint density at radius 3 is 2.00 bits per heavy atom. The average molecular weight is 262 g/mol. The topological polar surface area (TPSA) is 9.23 Å². The van der Waals surface area contributed by atoms with Crippen LogP contribution in [-0.2, 0) is 4.43 Å². The summed E-state index contributed by atoms with van der Waals surface area (Å²) in [5.74, 6) is 0. The lowest BCUT2D eigenvalue weighted by atomic mass is 10.4. The van der Waals surface area contributed by atoms with Crippen molar-refractivity contribution in [2.75, 3.05) is 6.61 Å². The number of alkyl halides is 3. The van der Waals surface area contributed by atoms with Crippen molar-refractivity contribution in [1.29, 1.82) is 0 Å². The van der Waals surface area contributed by atoms with Crippen LogP contribution in [0, 0.1) is 0 Å². The van der Waals surface area contributed by atoms with E-state index in [9.17, 15) is 13.2 Å². The Labute approximate surface area is 101 Å². The van der Waals surface area contributed by atoms with Crippen molar-refractivity contribution < 1.29 is 17.6 Å². The van der Waals surface area contributed by atoms with Crippen molar-refractivity contribution in [2.45, 2.75) is 32.1 Å². The van der Waals surface area contributed by atoms with Gasteiger partial charge in [0.2, 0.25) is 8.32 Å². The summed E-state index contributed by atoms with van der Waals surface area (Å²) < 4.78 is 42.1. The molecule has 0 aliphatic heterocycles. The largest absolute Gasteiger partial charge is 0.410 e. The van der Waals surface area contributed by atoms with Gasteiger partial charge in [-0.1, -0.05) is 44.2 Å². The molecule has 0 radical (unpaired) electrons. The van der Waals surface area contributed by atoms with E-state index < -0.39 is 21.1 Å². The fourth-order valence-corrected chi connectivity index (χ4v) is 5.04. The van der Waals surface area contributed by atoms with Gasteiger partial charge >= 0.3 is 6.18 Å². The van der Waals surface area contributed by atoms with Crippen molar-refractivity contribution in [3.63, 3.8) is 0 Å². The zero-order valence-corrected chi connectivity index (χ0v) is 11.1. The summed E-state index contributed by atoms with van der Waals surface area (Å²) in [6.07, 6.45) is -4.25. The molecule has 0 unspecified atom stereocenters. The lowest BCUT2D eigenvalue weighted by molar-refractivity contribution is -0.155. The predicted molar refractivity (Wildman–Crippen MR) is 64.8 cm³/mol. The van der Waals surface area contributed by atoms with E-state index in [0.29, 0.717) is 12.1 Å². The molecular formula is C12H17F3OSi. The highest BCUT2D eigenvalue weighted by Crippen LogP contribution is 2.22. The van der Waals surface area contributed by atoms with Gasteiger partial charge in [-0.05, 0) is 17.3 Å². The molecule has 17 heavy (non-hydrogen) atoms. The lowest BCUT2D eigenvalue weighted by Gasteiger charge is -2.30. The molecule has 0 aliphatic carbocycles. The Morgan fingerprint density at radius 2 is 1.59 bits per heavy atom. The molecule has 0 heterocycles. The van der Waals surface area contributed by atoms with E-state index in [4.69, 9.17) is 4.43 Å². The fourth-order valence-electron chi connectivity index (χ4n) is 1.91. The van der Waals surface area contributed by atoms with Gasteiger partial charge in [-0.15, -0.1) is 0 Å². The first-order valence-electron chi connectivity index (χ1n) is 5.70. The average Bonchev–Trinajstić information content (AvgIpc) is 2.31. The van der Waals surface area contributed by atoms with Crippen LogP contribution in [0.4, 0.5) is 13.2 Å². The first kappa shape index (κ1) is 14.2. The summed E-state index contributed by atoms with van der Waals surface area (Å²) in [6, 6.07) is 10.6. The standard InChI is InChI=1S/C12H17F3OSi/c1-3-17(4-2,16-10-12(13,14)15)11-8-6-5-7-9-11/h5-9H,3-4,10H2,1-2H3. The van der Waals surface area contributed by atoms with E-state index in [1.807, 2.05) is 44.2 Å². The second-order valence-electron chi connectivity index (χ2n) is 3.97. The zero-order chi connectivity index (χ0) is 12.9. The molecule has 0 fully saturated rings. The minimum absolute atomic E-state index is 0.656. The van der Waals surface area contributed by atoms with Gasteiger partial charge in [-0.3, -0.25) is 0 Å². The predicted octanol–water partition coefficient (Wildman–Crippen LogP) is 3.46. The van der Waals surface area contributed by atoms with Crippen molar-refractivity contribution >= 4 is 13.5 Å². The highest BCUT2D eigenvalue weighted by molar-refractivity contribution is 6.86. The fraction of sp³-hybridized carbons (Fsp3) is 0.500. The first-order valence-corrected chi connectivity index (χ1v) is 8.02. The van der Waals surface area contributed by atoms with Gasteiger partial charge in [0.15, 0.2) is 0 Å². The smallest absolute Gasteiger partial charge is 0.403 e. The van der Waals surface area contributed by atoms with Crippen LogP contribution in [0.1, 0.15) is 13.8 Å². The molecule has 0 spiro atoms. The van der Waals surface area contributed by atoms with E-state index in [2.05, 4.69) is 0 Å². The Hall–Kier alpha value is -0.813. The van der Waals surface area contributed by atoms with Crippen molar-refractivity contribution in [3.05, 3.63) is 30.3 Å². The van der Waals surface area contributed by atoms with Gasteiger partial charge in [0.25, 0.3) is 0 Å².